The van der Waals surface area contributed by atoms with E-state index in [1.54, 1.807) is 30.0 Å². The van der Waals surface area contributed by atoms with Crippen molar-refractivity contribution in [2.24, 2.45) is 0 Å². The van der Waals surface area contributed by atoms with Crippen molar-refractivity contribution in [3.63, 3.8) is 0 Å². The number of benzene rings is 2. The van der Waals surface area contributed by atoms with Gasteiger partial charge in [-0.3, -0.25) is 4.79 Å². The molecule has 0 spiro atoms. The zero-order valence-corrected chi connectivity index (χ0v) is 20.2. The van der Waals surface area contributed by atoms with Gasteiger partial charge in [0.05, 0.1) is 12.8 Å². The monoisotopic (exact) mass is 458 g/mol. The maximum absolute atomic E-state index is 13.6. The van der Waals surface area contributed by atoms with Crippen LogP contribution in [0.4, 0.5) is 10.1 Å². The van der Waals surface area contributed by atoms with Crippen molar-refractivity contribution in [2.45, 2.75) is 34.6 Å². The van der Waals surface area contributed by atoms with Gasteiger partial charge in [-0.25, -0.2) is 9.18 Å². The Balaban J connectivity index is 1.87. The molecular weight excluding hydrogens is 431 g/mol. The summed E-state index contributed by atoms with van der Waals surface area (Å²) in [5, 5.41) is 0. The molecule has 0 fully saturated rings. The molecular formula is C28H27FN2O3. The third-order valence-electron chi connectivity index (χ3n) is 6.38. The van der Waals surface area contributed by atoms with Crippen LogP contribution in [0.15, 0.2) is 65.5 Å². The maximum atomic E-state index is 13.6. The molecule has 0 aliphatic carbocycles. The topological polar surface area (TPSA) is 51.5 Å². The highest BCUT2D eigenvalue weighted by Crippen LogP contribution is 2.36. The van der Waals surface area contributed by atoms with Crippen LogP contribution in [0.3, 0.4) is 0 Å². The molecule has 1 aromatic heterocycles. The molecule has 4 rings (SSSR count). The molecule has 0 amide bonds. The Morgan fingerprint density at radius 3 is 2.18 bits per heavy atom. The Morgan fingerprint density at radius 2 is 1.56 bits per heavy atom. The Kier molecular flexibility index (Phi) is 6.00. The molecule has 174 valence electrons. The van der Waals surface area contributed by atoms with Crippen LogP contribution < -0.4 is 4.90 Å². The number of carbonyl (C=O) groups is 2. The highest BCUT2D eigenvalue weighted by Gasteiger charge is 2.38. The largest absolute Gasteiger partial charge is 0.465 e. The molecule has 3 aromatic rings. The van der Waals surface area contributed by atoms with Gasteiger partial charge in [-0.15, -0.1) is 0 Å². The van der Waals surface area contributed by atoms with E-state index in [1.807, 2.05) is 19.9 Å². The molecule has 1 aliphatic rings. The fourth-order valence-electron chi connectivity index (χ4n) is 4.42. The van der Waals surface area contributed by atoms with Crippen LogP contribution >= 0.6 is 0 Å². The van der Waals surface area contributed by atoms with E-state index < -0.39 is 11.8 Å². The normalized spacial score (nSPS) is 15.0. The lowest BCUT2D eigenvalue weighted by molar-refractivity contribution is -0.137. The number of carbonyl (C=O) groups excluding carboxylic acids is 2. The summed E-state index contributed by atoms with van der Waals surface area (Å²) in [5.41, 5.74) is 7.60. The first-order valence-corrected chi connectivity index (χ1v) is 11.0. The second-order valence-electron chi connectivity index (χ2n) is 8.55. The minimum Gasteiger partial charge on any atom is -0.465 e. The van der Waals surface area contributed by atoms with E-state index in [2.05, 4.69) is 36.6 Å². The second kappa shape index (κ2) is 8.78. The Hall–Kier alpha value is -3.93. The van der Waals surface area contributed by atoms with Gasteiger partial charge in [0.1, 0.15) is 11.4 Å². The molecule has 0 unspecified atom stereocenters. The predicted molar refractivity (Wildman–Crippen MR) is 131 cm³/mol. The van der Waals surface area contributed by atoms with E-state index in [0.29, 0.717) is 17.1 Å². The van der Waals surface area contributed by atoms with Crippen molar-refractivity contribution in [1.29, 1.82) is 0 Å². The number of methoxy groups -OCH3 is 1. The molecule has 5 nitrogen and oxygen atoms in total. The summed E-state index contributed by atoms with van der Waals surface area (Å²) in [6.07, 6.45) is 1.78. The van der Waals surface area contributed by atoms with Crippen molar-refractivity contribution < 1.29 is 18.7 Å². The second-order valence-corrected chi connectivity index (χ2v) is 8.55. The molecule has 1 aliphatic heterocycles. The van der Waals surface area contributed by atoms with Crippen LogP contribution in [0, 0.1) is 33.5 Å². The minimum absolute atomic E-state index is 0.0268. The maximum Gasteiger partial charge on any atom is 0.343 e. The predicted octanol–water partition coefficient (Wildman–Crippen LogP) is 5.73. The number of aryl methyl sites for hydroxylation is 3. The minimum atomic E-state index is -0.696. The molecule has 0 bridgehead atoms. The lowest BCUT2D eigenvalue weighted by Crippen LogP contribution is -2.18. The van der Waals surface area contributed by atoms with Gasteiger partial charge in [-0.05, 0) is 99.8 Å². The summed E-state index contributed by atoms with van der Waals surface area (Å²) in [6, 6.07) is 14.1. The van der Waals surface area contributed by atoms with E-state index in [0.717, 1.165) is 22.6 Å². The molecule has 34 heavy (non-hydrogen) atoms. The van der Waals surface area contributed by atoms with Crippen molar-refractivity contribution in [3.8, 4) is 5.69 Å². The van der Waals surface area contributed by atoms with E-state index in [9.17, 15) is 14.0 Å². The summed E-state index contributed by atoms with van der Waals surface area (Å²) in [7, 11) is 1.25. The fraction of sp³-hybridized carbons (Fsp3) is 0.214. The summed E-state index contributed by atoms with van der Waals surface area (Å²) < 4.78 is 20.6. The fourth-order valence-corrected chi connectivity index (χ4v) is 4.42. The van der Waals surface area contributed by atoms with E-state index >= 15 is 0 Å². The molecule has 6 heteroatoms. The Labute approximate surface area is 198 Å². The molecule has 2 heterocycles. The molecule has 2 aromatic carbocycles. The summed E-state index contributed by atoms with van der Waals surface area (Å²) in [5.74, 6) is -1.50. The van der Waals surface area contributed by atoms with Crippen LogP contribution in [0.5, 0.6) is 0 Å². The summed E-state index contributed by atoms with van der Waals surface area (Å²) in [6.45, 7) is 9.86. The Morgan fingerprint density at radius 1 is 0.912 bits per heavy atom. The zero-order chi connectivity index (χ0) is 24.7. The highest BCUT2D eigenvalue weighted by atomic mass is 19.1. The third kappa shape index (κ3) is 3.85. The number of esters is 1. The SMILES string of the molecule is COC(=O)C1=C(C)N(c2ccc(F)cc2)/C(=C\c2cc(C)n(-c3ccc(C)c(C)c3)c2C)C1=O. The highest BCUT2D eigenvalue weighted by molar-refractivity contribution is 6.30. The average Bonchev–Trinajstić information content (AvgIpc) is 3.22. The lowest BCUT2D eigenvalue weighted by Gasteiger charge is -2.21. The standard InChI is InChI=1S/C28H27FN2O3/c1-16-7-10-24(13-17(16)2)30-18(3)14-21(19(30)4)15-25-27(32)26(28(33)34-6)20(5)31(25)23-11-8-22(29)9-12-23/h7-15H,1-6H3/b25-15-. The van der Waals surface area contributed by atoms with Gasteiger partial charge < -0.3 is 14.2 Å². The third-order valence-corrected chi connectivity index (χ3v) is 6.38. The number of anilines is 1. The molecule has 0 saturated carbocycles. The number of rotatable bonds is 4. The van der Waals surface area contributed by atoms with Crippen molar-refractivity contribution in [1.82, 2.24) is 4.57 Å². The quantitative estimate of drug-likeness (QED) is 0.285. The Bertz CT molecular complexity index is 1380. The first kappa shape index (κ1) is 23.2. The van der Waals surface area contributed by atoms with E-state index in [1.165, 1.54) is 30.4 Å². The first-order valence-electron chi connectivity index (χ1n) is 11.0. The average molecular weight is 459 g/mol. The summed E-state index contributed by atoms with van der Waals surface area (Å²) >= 11 is 0. The van der Waals surface area contributed by atoms with Gasteiger partial charge >= 0.3 is 5.97 Å². The molecule has 0 N–H and O–H groups in total. The van der Waals surface area contributed by atoms with Crippen molar-refractivity contribution in [2.75, 3.05) is 12.0 Å². The van der Waals surface area contributed by atoms with Crippen LogP contribution in [0.25, 0.3) is 11.8 Å². The van der Waals surface area contributed by atoms with Crippen molar-refractivity contribution >= 4 is 23.5 Å². The number of hydrogen-bond acceptors (Lipinski definition) is 4. The number of ether oxygens (including phenoxy) is 1. The molecule has 0 atom stereocenters. The summed E-state index contributed by atoms with van der Waals surface area (Å²) in [4.78, 5) is 27.5. The zero-order valence-electron chi connectivity index (χ0n) is 20.2. The van der Waals surface area contributed by atoms with Gasteiger partial charge in [-0.1, -0.05) is 6.07 Å². The van der Waals surface area contributed by atoms with Gasteiger partial charge in [-0.2, -0.15) is 0 Å². The van der Waals surface area contributed by atoms with Crippen LogP contribution in [-0.4, -0.2) is 23.4 Å². The van der Waals surface area contributed by atoms with Crippen LogP contribution in [0.2, 0.25) is 0 Å². The number of ketones is 1. The molecule has 0 saturated heterocycles. The van der Waals surface area contributed by atoms with Crippen LogP contribution in [0.1, 0.15) is 35.0 Å². The van der Waals surface area contributed by atoms with Crippen molar-refractivity contribution in [3.05, 3.63) is 99.4 Å². The number of aromatic nitrogens is 1. The lowest BCUT2D eigenvalue weighted by atomic mass is 10.1. The van der Waals surface area contributed by atoms with Gasteiger partial charge in [0.15, 0.2) is 0 Å². The number of allylic oxidation sites excluding steroid dienone is 2. The number of hydrogen-bond donors (Lipinski definition) is 0. The first-order chi connectivity index (χ1) is 16.1. The number of Topliss-reactive ketones (excluding diaryl/α,β-unsaturated/α-hetero) is 1. The number of halogens is 1. The van der Waals surface area contributed by atoms with E-state index in [4.69, 9.17) is 4.74 Å². The van der Waals surface area contributed by atoms with Gasteiger partial charge in [0, 0.05) is 28.5 Å². The number of nitrogens with zero attached hydrogens (tertiary/aromatic N) is 2. The van der Waals surface area contributed by atoms with Gasteiger partial charge in [0.25, 0.3) is 0 Å². The van der Waals surface area contributed by atoms with Gasteiger partial charge in [0.2, 0.25) is 5.78 Å². The smallest absolute Gasteiger partial charge is 0.343 e. The van der Waals surface area contributed by atoms with Crippen LogP contribution in [-0.2, 0) is 14.3 Å². The molecule has 0 radical (unpaired) electrons. The van der Waals surface area contributed by atoms with E-state index in [-0.39, 0.29) is 11.4 Å².